The third-order valence-electron chi connectivity index (χ3n) is 5.29. The summed E-state index contributed by atoms with van der Waals surface area (Å²) in [6.07, 6.45) is 4.06. The van der Waals surface area contributed by atoms with Gasteiger partial charge < -0.3 is 4.57 Å². The first-order valence-electron chi connectivity index (χ1n) is 10.1. The summed E-state index contributed by atoms with van der Waals surface area (Å²) in [6, 6.07) is 6.22. The fourth-order valence-corrected chi connectivity index (χ4v) is 3.92. The lowest BCUT2D eigenvalue weighted by atomic mass is 10.2. The molecule has 0 unspecified atom stereocenters. The van der Waals surface area contributed by atoms with Crippen LogP contribution in [0.1, 0.15) is 21.2 Å². The monoisotopic (exact) mass is 353 g/mol. The van der Waals surface area contributed by atoms with Crippen molar-refractivity contribution >= 4 is 5.78 Å². The Morgan fingerprint density at radius 2 is 1.81 bits per heavy atom. The van der Waals surface area contributed by atoms with Gasteiger partial charge >= 0.3 is 5.82 Å². The summed E-state index contributed by atoms with van der Waals surface area (Å²) < 4.78 is 33.6. The lowest BCUT2D eigenvalue weighted by molar-refractivity contribution is -0.685. The zero-order chi connectivity index (χ0) is 21.2. The van der Waals surface area contributed by atoms with E-state index in [2.05, 4.69) is 30.8 Å². The number of imidazole rings is 3. The molecule has 0 aliphatic rings. The number of pyridine rings is 1. The molecule has 0 aliphatic carbocycles. The molecule has 0 bridgehead atoms. The normalized spacial score (nSPS) is 13.8. The Hall–Kier alpha value is -2.89. The smallest absolute Gasteiger partial charge is 0.308 e. The van der Waals surface area contributed by atoms with Crippen molar-refractivity contribution in [3.8, 4) is 22.9 Å². The van der Waals surface area contributed by atoms with E-state index in [9.17, 15) is 0 Å². The third kappa shape index (κ3) is 2.08. The Bertz CT molecular complexity index is 1240. The number of aryl methyl sites for hydroxylation is 6. The highest BCUT2D eigenvalue weighted by Gasteiger charge is 2.29. The van der Waals surface area contributed by atoms with Crippen LogP contribution in [-0.2, 0) is 28.2 Å². The van der Waals surface area contributed by atoms with Crippen molar-refractivity contribution in [2.75, 3.05) is 0 Å². The number of hydrogen-bond acceptors (Lipinski definition) is 1. The third-order valence-corrected chi connectivity index (χ3v) is 5.29. The van der Waals surface area contributed by atoms with E-state index in [0.717, 1.165) is 28.6 Å². The molecule has 0 aromatic carbocycles. The summed E-state index contributed by atoms with van der Waals surface area (Å²) in [5.74, 6) is 1.72. The van der Waals surface area contributed by atoms with Crippen molar-refractivity contribution in [1.29, 1.82) is 0 Å². The molecule has 0 fully saturated rings. The Morgan fingerprint density at radius 3 is 2.42 bits per heavy atom. The van der Waals surface area contributed by atoms with Crippen LogP contribution in [0, 0.1) is 20.7 Å². The zero-order valence-electron chi connectivity index (χ0n) is 19.1. The predicted octanol–water partition coefficient (Wildman–Crippen LogP) is 1.92. The van der Waals surface area contributed by atoms with E-state index in [4.69, 9.17) is 4.11 Å². The first-order chi connectivity index (χ1) is 13.5. The molecule has 0 radical (unpaired) electrons. The number of aromatic nitrogens is 6. The highest BCUT2D eigenvalue weighted by molar-refractivity contribution is 5.63. The van der Waals surface area contributed by atoms with Gasteiger partial charge in [0.1, 0.15) is 25.1 Å². The Kier molecular flexibility index (Phi) is 2.85. The van der Waals surface area contributed by atoms with E-state index < -0.39 is 6.85 Å². The van der Waals surface area contributed by atoms with Crippen molar-refractivity contribution < 1.29 is 13.2 Å². The minimum absolute atomic E-state index is 0.159. The van der Waals surface area contributed by atoms with Gasteiger partial charge in [0.2, 0.25) is 11.5 Å². The van der Waals surface area contributed by atoms with E-state index in [1.807, 2.05) is 69.5 Å². The van der Waals surface area contributed by atoms with Crippen LogP contribution >= 0.6 is 0 Å². The van der Waals surface area contributed by atoms with Crippen LogP contribution in [0.3, 0.4) is 0 Å². The molecule has 0 saturated carbocycles. The molecule has 0 amide bonds. The highest BCUT2D eigenvalue weighted by atomic mass is 15.2. The summed E-state index contributed by atoms with van der Waals surface area (Å²) >= 11 is 0. The van der Waals surface area contributed by atoms with Crippen LogP contribution < -0.4 is 9.13 Å². The number of rotatable bonds is 2. The lowest BCUT2D eigenvalue weighted by Crippen LogP contribution is -2.40. The first kappa shape index (κ1) is 13.3. The quantitative estimate of drug-likeness (QED) is 0.507. The van der Waals surface area contributed by atoms with Gasteiger partial charge in [-0.15, -0.1) is 0 Å². The molecule has 0 atom stereocenters. The standard InChI is InChI=1S/C20H26N6/c1-13-14(2)26-15(3)18(25(7)20(26)21-13)16-9-8-10-17(24(16)6)19-22(4)11-12-23(19)5/h8-12H,1-7H3/q+2/i1D3. The van der Waals surface area contributed by atoms with Crippen LogP contribution in [-0.4, -0.2) is 18.5 Å². The lowest BCUT2D eigenvalue weighted by Gasteiger charge is -2.06. The molecule has 4 aromatic rings. The van der Waals surface area contributed by atoms with Gasteiger partial charge in [0, 0.05) is 29.0 Å². The highest BCUT2D eigenvalue weighted by Crippen LogP contribution is 2.27. The maximum absolute atomic E-state index is 7.77. The topological polar surface area (TPSA) is 34.9 Å². The van der Waals surface area contributed by atoms with Crippen LogP contribution in [0.5, 0.6) is 0 Å². The Morgan fingerprint density at radius 1 is 1.08 bits per heavy atom. The van der Waals surface area contributed by atoms with Crippen LogP contribution in [0.2, 0.25) is 0 Å². The summed E-state index contributed by atoms with van der Waals surface area (Å²) in [6.45, 7) is 1.60. The van der Waals surface area contributed by atoms with E-state index in [0.29, 0.717) is 11.5 Å². The molecule has 0 N–H and O–H groups in total. The van der Waals surface area contributed by atoms with E-state index >= 15 is 0 Å². The summed E-state index contributed by atoms with van der Waals surface area (Å²) in [4.78, 5) is 4.47. The van der Waals surface area contributed by atoms with Crippen molar-refractivity contribution in [2.45, 2.75) is 20.7 Å². The molecule has 6 nitrogen and oxygen atoms in total. The molecule has 4 rings (SSSR count). The first-order valence-corrected chi connectivity index (χ1v) is 8.59. The molecule has 26 heavy (non-hydrogen) atoms. The van der Waals surface area contributed by atoms with E-state index in [-0.39, 0.29) is 5.69 Å². The molecule has 4 heterocycles. The largest absolute Gasteiger partial charge is 0.354 e. The maximum Gasteiger partial charge on any atom is 0.354 e. The summed E-state index contributed by atoms with van der Waals surface area (Å²) in [7, 11) is 8.04. The van der Waals surface area contributed by atoms with Crippen LogP contribution in [0.15, 0.2) is 30.6 Å². The van der Waals surface area contributed by atoms with Crippen LogP contribution in [0.4, 0.5) is 0 Å². The van der Waals surface area contributed by atoms with Gasteiger partial charge in [-0.25, -0.2) is 14.1 Å². The van der Waals surface area contributed by atoms with Crippen LogP contribution in [0.25, 0.3) is 28.7 Å². The minimum Gasteiger partial charge on any atom is -0.308 e. The molecular weight excluding hydrogens is 324 g/mol. The van der Waals surface area contributed by atoms with Gasteiger partial charge in [-0.05, 0) is 26.8 Å². The predicted molar refractivity (Wildman–Crippen MR) is 101 cm³/mol. The number of nitrogens with zero attached hydrogens (tertiary/aromatic N) is 6. The molecule has 4 aromatic heterocycles. The number of hydrogen-bond donors (Lipinski definition) is 0. The van der Waals surface area contributed by atoms with Gasteiger partial charge in [0.25, 0.3) is 5.69 Å². The fourth-order valence-electron chi connectivity index (χ4n) is 3.92. The van der Waals surface area contributed by atoms with E-state index in [1.165, 1.54) is 0 Å². The van der Waals surface area contributed by atoms with Gasteiger partial charge in [0.15, 0.2) is 0 Å². The molecular formula is C20H26N6+2. The molecule has 0 spiro atoms. The summed E-state index contributed by atoms with van der Waals surface area (Å²) in [5, 5.41) is 0. The van der Waals surface area contributed by atoms with Crippen molar-refractivity contribution in [3.63, 3.8) is 0 Å². The Labute approximate surface area is 157 Å². The summed E-state index contributed by atoms with van der Waals surface area (Å²) in [5.41, 5.74) is 4.90. The minimum atomic E-state index is -2.23. The molecule has 0 saturated heterocycles. The van der Waals surface area contributed by atoms with Gasteiger partial charge in [-0.3, -0.25) is 4.40 Å². The SMILES string of the molecule is [2H]C([2H])([2H])c1nc2n(C)c(-c3cccc(-c4n(C)cc[n+]4C)[n+]3C)c(C)n2c1C. The van der Waals surface area contributed by atoms with E-state index in [1.54, 1.807) is 0 Å². The van der Waals surface area contributed by atoms with Crippen molar-refractivity contribution in [3.05, 3.63) is 47.7 Å². The van der Waals surface area contributed by atoms with Crippen molar-refractivity contribution in [1.82, 2.24) is 18.5 Å². The second kappa shape index (κ2) is 5.56. The zero-order valence-corrected chi connectivity index (χ0v) is 16.1. The van der Waals surface area contributed by atoms with Gasteiger partial charge in [-0.2, -0.15) is 4.57 Å². The van der Waals surface area contributed by atoms with Crippen molar-refractivity contribution in [2.24, 2.45) is 28.2 Å². The molecule has 0 aliphatic heterocycles. The number of fused-ring (bicyclic) bond motifs is 1. The average molecular weight is 353 g/mol. The molecule has 134 valence electrons. The fraction of sp³-hybridized carbons (Fsp3) is 0.350. The van der Waals surface area contributed by atoms with Gasteiger partial charge in [0.05, 0.1) is 25.5 Å². The Balaban J connectivity index is 1.99. The second-order valence-electron chi connectivity index (χ2n) is 6.87. The van der Waals surface area contributed by atoms with Gasteiger partial charge in [-0.1, -0.05) is 0 Å². The second-order valence-corrected chi connectivity index (χ2v) is 6.87. The average Bonchev–Trinajstić information content (AvgIpc) is 3.23. The molecule has 6 heteroatoms. The maximum atomic E-state index is 7.77.